The van der Waals surface area contributed by atoms with Crippen molar-refractivity contribution in [3.05, 3.63) is 83.4 Å². The Morgan fingerprint density at radius 2 is 1.55 bits per heavy atom. The summed E-state index contributed by atoms with van der Waals surface area (Å²) in [5.41, 5.74) is 3.20. The Balaban J connectivity index is 1.66. The lowest BCUT2D eigenvalue weighted by Crippen LogP contribution is -2.05. The normalized spacial score (nSPS) is 11.8. The smallest absolute Gasteiger partial charge is 0.416 e. The van der Waals surface area contributed by atoms with E-state index in [1.54, 1.807) is 0 Å². The zero-order valence-electron chi connectivity index (χ0n) is 15.4. The number of carbonyl (C=O) groups is 1. The fraction of sp³-hybridized carbons (Fsp3) is 0.174. The fourth-order valence-electron chi connectivity index (χ4n) is 3.66. The summed E-state index contributed by atoms with van der Waals surface area (Å²) in [6.45, 7) is 1.28. The average Bonchev–Trinajstić information content (AvgIpc) is 3.03. The first-order valence-corrected chi connectivity index (χ1v) is 9.18. The summed E-state index contributed by atoms with van der Waals surface area (Å²) < 4.78 is 45.3. The van der Waals surface area contributed by atoms with E-state index in [0.29, 0.717) is 19.4 Å². The summed E-state index contributed by atoms with van der Waals surface area (Å²) in [4.78, 5) is 10.5. The zero-order valence-corrected chi connectivity index (χ0v) is 15.4. The molecule has 0 saturated carbocycles. The molecule has 1 aromatic heterocycles. The van der Waals surface area contributed by atoms with Crippen molar-refractivity contribution in [3.8, 4) is 0 Å². The van der Waals surface area contributed by atoms with Gasteiger partial charge in [-0.05, 0) is 47.9 Å². The molecule has 0 saturated heterocycles. The van der Waals surface area contributed by atoms with Gasteiger partial charge >= 0.3 is 6.18 Å². The van der Waals surface area contributed by atoms with Crippen LogP contribution < -0.4 is 0 Å². The number of hydrogen-bond acceptors (Lipinski definition) is 2. The van der Waals surface area contributed by atoms with Crippen molar-refractivity contribution >= 4 is 28.3 Å². The van der Waals surface area contributed by atoms with E-state index in [4.69, 9.17) is 4.74 Å². The Labute approximate surface area is 165 Å². The Hall–Kier alpha value is -3.28. The molecule has 0 aliphatic carbocycles. The van der Waals surface area contributed by atoms with Gasteiger partial charge in [0, 0.05) is 28.4 Å². The van der Waals surface area contributed by atoms with E-state index in [2.05, 4.69) is 4.57 Å². The van der Waals surface area contributed by atoms with Gasteiger partial charge in [-0.3, -0.25) is 4.79 Å². The van der Waals surface area contributed by atoms with E-state index in [-0.39, 0.29) is 6.61 Å². The van der Waals surface area contributed by atoms with Gasteiger partial charge in [-0.15, -0.1) is 0 Å². The van der Waals surface area contributed by atoms with Crippen LogP contribution in [-0.2, 0) is 35.3 Å². The molecule has 1 heterocycles. The lowest BCUT2D eigenvalue weighted by molar-refractivity contribution is -0.137. The van der Waals surface area contributed by atoms with Crippen molar-refractivity contribution in [1.29, 1.82) is 0 Å². The quantitative estimate of drug-likeness (QED) is 0.389. The van der Waals surface area contributed by atoms with Gasteiger partial charge in [0.05, 0.1) is 5.56 Å². The first-order valence-electron chi connectivity index (χ1n) is 9.18. The summed E-state index contributed by atoms with van der Waals surface area (Å²) in [6, 6.07) is 19.2. The standard InChI is InChI=1S/C23H18F3NO2/c24-23(25,26)18-8-5-16(6-9-18)11-12-27-21-4-2-1-3-19(21)20-13-17(14-29-15-28)7-10-22(20)27/h1-10,13,15H,11-12,14H2. The highest BCUT2D eigenvalue weighted by Crippen LogP contribution is 2.31. The number of ether oxygens (including phenoxy) is 1. The number of alkyl halides is 3. The van der Waals surface area contributed by atoms with Gasteiger partial charge in [0.2, 0.25) is 0 Å². The molecule has 0 N–H and O–H groups in total. The zero-order chi connectivity index (χ0) is 20.4. The fourth-order valence-corrected chi connectivity index (χ4v) is 3.66. The van der Waals surface area contributed by atoms with Crippen molar-refractivity contribution in [3.63, 3.8) is 0 Å². The first-order chi connectivity index (χ1) is 14.0. The van der Waals surface area contributed by atoms with Gasteiger partial charge in [-0.2, -0.15) is 13.2 Å². The SMILES string of the molecule is O=COCc1ccc2c(c1)c1ccccc1n2CCc1ccc(C(F)(F)F)cc1. The van der Waals surface area contributed by atoms with Crippen LogP contribution in [0.1, 0.15) is 16.7 Å². The molecule has 29 heavy (non-hydrogen) atoms. The predicted octanol–water partition coefficient (Wildman–Crippen LogP) is 5.73. The minimum Gasteiger partial charge on any atom is -0.463 e. The molecule has 0 bridgehead atoms. The maximum atomic E-state index is 12.8. The molecule has 0 aliphatic rings. The Morgan fingerprint density at radius 1 is 0.862 bits per heavy atom. The van der Waals surface area contributed by atoms with Crippen LogP contribution in [0, 0.1) is 0 Å². The second kappa shape index (κ2) is 7.62. The number of halogens is 3. The van der Waals surface area contributed by atoms with E-state index >= 15 is 0 Å². The Morgan fingerprint density at radius 3 is 2.28 bits per heavy atom. The van der Waals surface area contributed by atoms with Crippen LogP contribution in [0.25, 0.3) is 21.8 Å². The largest absolute Gasteiger partial charge is 0.463 e. The lowest BCUT2D eigenvalue weighted by Gasteiger charge is -2.10. The van der Waals surface area contributed by atoms with Crippen molar-refractivity contribution < 1.29 is 22.7 Å². The number of fused-ring (bicyclic) bond motifs is 3. The maximum absolute atomic E-state index is 12.8. The van der Waals surface area contributed by atoms with Crippen molar-refractivity contribution in [2.24, 2.45) is 0 Å². The van der Waals surface area contributed by atoms with Crippen molar-refractivity contribution in [2.75, 3.05) is 0 Å². The number of carbonyl (C=O) groups excluding carboxylic acids is 1. The Bertz CT molecular complexity index is 1160. The van der Waals surface area contributed by atoms with E-state index < -0.39 is 11.7 Å². The molecule has 0 spiro atoms. The van der Waals surface area contributed by atoms with Crippen LogP contribution in [0.4, 0.5) is 13.2 Å². The van der Waals surface area contributed by atoms with Gasteiger partial charge in [0.1, 0.15) is 6.61 Å². The molecule has 148 valence electrons. The minimum atomic E-state index is -4.32. The van der Waals surface area contributed by atoms with Crippen LogP contribution >= 0.6 is 0 Å². The van der Waals surface area contributed by atoms with Crippen LogP contribution in [0.15, 0.2) is 66.7 Å². The van der Waals surface area contributed by atoms with Crippen molar-refractivity contribution in [2.45, 2.75) is 25.7 Å². The average molecular weight is 397 g/mol. The monoisotopic (exact) mass is 397 g/mol. The number of aryl methyl sites for hydroxylation is 2. The van der Waals surface area contributed by atoms with E-state index in [9.17, 15) is 18.0 Å². The molecule has 3 nitrogen and oxygen atoms in total. The number of para-hydroxylation sites is 1. The number of nitrogens with zero attached hydrogens (tertiary/aromatic N) is 1. The van der Waals surface area contributed by atoms with E-state index in [0.717, 1.165) is 45.1 Å². The van der Waals surface area contributed by atoms with Crippen LogP contribution in [0.3, 0.4) is 0 Å². The summed E-state index contributed by atoms with van der Waals surface area (Å²) >= 11 is 0. The van der Waals surface area contributed by atoms with E-state index in [1.165, 1.54) is 12.1 Å². The molecule has 0 amide bonds. The third kappa shape index (κ3) is 3.83. The van der Waals surface area contributed by atoms with Gasteiger partial charge < -0.3 is 9.30 Å². The molecule has 0 fully saturated rings. The molecular weight excluding hydrogens is 379 g/mol. The third-order valence-electron chi connectivity index (χ3n) is 5.06. The second-order valence-electron chi connectivity index (χ2n) is 6.87. The molecule has 0 radical (unpaired) electrons. The van der Waals surface area contributed by atoms with Gasteiger partial charge in [0.25, 0.3) is 6.47 Å². The Kier molecular flexibility index (Phi) is 5.01. The molecular formula is C23H18F3NO2. The number of aromatic nitrogens is 1. The number of hydrogen-bond donors (Lipinski definition) is 0. The first kappa shape index (κ1) is 19.1. The van der Waals surface area contributed by atoms with Gasteiger partial charge in [-0.25, -0.2) is 0 Å². The van der Waals surface area contributed by atoms with Gasteiger partial charge in [0.15, 0.2) is 0 Å². The molecule has 6 heteroatoms. The minimum absolute atomic E-state index is 0.213. The summed E-state index contributed by atoms with van der Waals surface area (Å²) in [7, 11) is 0. The maximum Gasteiger partial charge on any atom is 0.416 e. The highest BCUT2D eigenvalue weighted by Gasteiger charge is 2.29. The molecule has 0 aliphatic heterocycles. The van der Waals surface area contributed by atoms with Gasteiger partial charge in [-0.1, -0.05) is 36.4 Å². The summed E-state index contributed by atoms with van der Waals surface area (Å²) in [5, 5.41) is 2.14. The highest BCUT2D eigenvalue weighted by molar-refractivity contribution is 6.08. The van der Waals surface area contributed by atoms with Crippen molar-refractivity contribution in [1.82, 2.24) is 4.57 Å². The highest BCUT2D eigenvalue weighted by atomic mass is 19.4. The molecule has 4 rings (SSSR count). The lowest BCUT2D eigenvalue weighted by atomic mass is 10.1. The second-order valence-corrected chi connectivity index (χ2v) is 6.87. The van der Waals surface area contributed by atoms with E-state index in [1.807, 2.05) is 42.5 Å². The summed E-state index contributed by atoms with van der Waals surface area (Å²) in [6.07, 6.45) is -3.71. The van der Waals surface area contributed by atoms with Crippen LogP contribution in [0.5, 0.6) is 0 Å². The molecule has 3 aromatic carbocycles. The number of benzene rings is 3. The molecule has 0 atom stereocenters. The third-order valence-corrected chi connectivity index (χ3v) is 5.06. The van der Waals surface area contributed by atoms with Crippen LogP contribution in [-0.4, -0.2) is 11.0 Å². The molecule has 0 unspecified atom stereocenters. The number of rotatable bonds is 6. The summed E-state index contributed by atoms with van der Waals surface area (Å²) in [5.74, 6) is 0. The molecule has 4 aromatic rings. The predicted molar refractivity (Wildman–Crippen MR) is 105 cm³/mol. The van der Waals surface area contributed by atoms with Crippen LogP contribution in [0.2, 0.25) is 0 Å². The topological polar surface area (TPSA) is 31.2 Å².